The van der Waals surface area contributed by atoms with Crippen LogP contribution in [-0.2, 0) is 14.3 Å². The van der Waals surface area contributed by atoms with Crippen LogP contribution in [0.3, 0.4) is 0 Å². The Kier molecular flexibility index (Phi) is 6.99. The standard InChI is InChI=1S/C15H28N2O3/c1-5-20-14(18)10-17(9-11(2)3)15(19)13-8-12(4)6-7-16-13/h11-13,16H,5-10H2,1-4H3. The van der Waals surface area contributed by atoms with Gasteiger partial charge in [-0.1, -0.05) is 20.8 Å². The molecule has 0 aliphatic carbocycles. The Labute approximate surface area is 122 Å². The van der Waals surface area contributed by atoms with Gasteiger partial charge in [-0.15, -0.1) is 0 Å². The van der Waals surface area contributed by atoms with Crippen molar-refractivity contribution in [3.05, 3.63) is 0 Å². The van der Waals surface area contributed by atoms with Gasteiger partial charge < -0.3 is 15.0 Å². The van der Waals surface area contributed by atoms with Gasteiger partial charge in [0.25, 0.3) is 0 Å². The third-order valence-corrected chi connectivity index (χ3v) is 3.49. The monoisotopic (exact) mass is 284 g/mol. The van der Waals surface area contributed by atoms with E-state index in [9.17, 15) is 9.59 Å². The Morgan fingerprint density at radius 2 is 2.10 bits per heavy atom. The first-order valence-electron chi connectivity index (χ1n) is 7.61. The summed E-state index contributed by atoms with van der Waals surface area (Å²) in [6, 6.07) is -0.160. The molecule has 0 aromatic heterocycles. The zero-order valence-corrected chi connectivity index (χ0v) is 13.1. The van der Waals surface area contributed by atoms with Crippen molar-refractivity contribution in [3.8, 4) is 0 Å². The van der Waals surface area contributed by atoms with Crippen molar-refractivity contribution in [1.29, 1.82) is 0 Å². The molecule has 2 unspecified atom stereocenters. The molecule has 0 bridgehead atoms. The van der Waals surface area contributed by atoms with Gasteiger partial charge in [-0.3, -0.25) is 9.59 Å². The molecule has 1 fully saturated rings. The van der Waals surface area contributed by atoms with Gasteiger partial charge in [0.15, 0.2) is 0 Å². The van der Waals surface area contributed by atoms with Crippen molar-refractivity contribution in [2.75, 3.05) is 26.2 Å². The van der Waals surface area contributed by atoms with E-state index in [0.717, 1.165) is 19.4 Å². The molecule has 0 aromatic carbocycles. The van der Waals surface area contributed by atoms with Gasteiger partial charge in [-0.2, -0.15) is 0 Å². The van der Waals surface area contributed by atoms with Gasteiger partial charge in [0.1, 0.15) is 6.54 Å². The largest absolute Gasteiger partial charge is 0.465 e. The molecule has 0 spiro atoms. The van der Waals surface area contributed by atoms with Gasteiger partial charge in [0, 0.05) is 6.54 Å². The lowest BCUT2D eigenvalue weighted by molar-refractivity contribution is -0.150. The lowest BCUT2D eigenvalue weighted by Gasteiger charge is -2.32. The fourth-order valence-corrected chi connectivity index (χ4v) is 2.55. The van der Waals surface area contributed by atoms with Crippen molar-refractivity contribution in [2.24, 2.45) is 11.8 Å². The fourth-order valence-electron chi connectivity index (χ4n) is 2.55. The number of ether oxygens (including phenoxy) is 1. The van der Waals surface area contributed by atoms with Crippen molar-refractivity contribution in [3.63, 3.8) is 0 Å². The number of rotatable bonds is 6. The highest BCUT2D eigenvalue weighted by atomic mass is 16.5. The number of esters is 1. The first-order chi connectivity index (χ1) is 9.43. The zero-order chi connectivity index (χ0) is 15.1. The quantitative estimate of drug-likeness (QED) is 0.750. The van der Waals surface area contributed by atoms with Crippen molar-refractivity contribution in [2.45, 2.75) is 46.6 Å². The van der Waals surface area contributed by atoms with E-state index in [0.29, 0.717) is 25.0 Å². The van der Waals surface area contributed by atoms with E-state index >= 15 is 0 Å². The Morgan fingerprint density at radius 3 is 2.65 bits per heavy atom. The summed E-state index contributed by atoms with van der Waals surface area (Å²) in [6.45, 7) is 9.89. The molecule has 0 aromatic rings. The van der Waals surface area contributed by atoms with Gasteiger partial charge in [-0.25, -0.2) is 0 Å². The van der Waals surface area contributed by atoms with E-state index in [1.54, 1.807) is 11.8 Å². The van der Waals surface area contributed by atoms with Crippen LogP contribution >= 0.6 is 0 Å². The second kappa shape index (κ2) is 8.25. The lowest BCUT2D eigenvalue weighted by atomic mass is 9.93. The number of hydrogen-bond acceptors (Lipinski definition) is 4. The molecule has 1 heterocycles. The van der Waals surface area contributed by atoms with Crippen molar-refractivity contribution >= 4 is 11.9 Å². The third-order valence-electron chi connectivity index (χ3n) is 3.49. The highest BCUT2D eigenvalue weighted by Gasteiger charge is 2.29. The predicted octanol–water partition coefficient (Wildman–Crippen LogP) is 1.42. The summed E-state index contributed by atoms with van der Waals surface area (Å²) < 4.78 is 4.96. The molecule has 1 amide bonds. The summed E-state index contributed by atoms with van der Waals surface area (Å²) in [5.41, 5.74) is 0. The van der Waals surface area contributed by atoms with E-state index in [1.807, 2.05) is 13.8 Å². The number of carbonyl (C=O) groups is 2. The van der Waals surface area contributed by atoms with E-state index in [2.05, 4.69) is 12.2 Å². The van der Waals surface area contributed by atoms with Crippen LogP contribution in [0.2, 0.25) is 0 Å². The van der Waals surface area contributed by atoms with Gasteiger partial charge >= 0.3 is 5.97 Å². The van der Waals surface area contributed by atoms with E-state index in [1.165, 1.54) is 0 Å². The molecule has 1 saturated heterocycles. The molecule has 116 valence electrons. The highest BCUT2D eigenvalue weighted by molar-refractivity contribution is 5.86. The molecule has 1 N–H and O–H groups in total. The van der Waals surface area contributed by atoms with Crippen LogP contribution in [-0.4, -0.2) is 49.1 Å². The maximum absolute atomic E-state index is 12.6. The van der Waals surface area contributed by atoms with E-state index < -0.39 is 0 Å². The molecule has 1 aliphatic heterocycles. The molecule has 20 heavy (non-hydrogen) atoms. The minimum atomic E-state index is -0.328. The summed E-state index contributed by atoms with van der Waals surface area (Å²) in [4.78, 5) is 25.9. The predicted molar refractivity (Wildman–Crippen MR) is 78.2 cm³/mol. The highest BCUT2D eigenvalue weighted by Crippen LogP contribution is 2.17. The van der Waals surface area contributed by atoms with Crippen LogP contribution in [0.1, 0.15) is 40.5 Å². The molecule has 5 nitrogen and oxygen atoms in total. The summed E-state index contributed by atoms with van der Waals surface area (Å²) in [5.74, 6) is 0.576. The summed E-state index contributed by atoms with van der Waals surface area (Å²) in [5, 5.41) is 3.26. The van der Waals surface area contributed by atoms with E-state index in [4.69, 9.17) is 4.74 Å². The Hall–Kier alpha value is -1.10. The minimum Gasteiger partial charge on any atom is -0.465 e. The Bertz CT molecular complexity index is 331. The average Bonchev–Trinajstić information content (AvgIpc) is 2.37. The smallest absolute Gasteiger partial charge is 0.325 e. The first-order valence-corrected chi connectivity index (χ1v) is 7.61. The summed E-state index contributed by atoms with van der Waals surface area (Å²) in [7, 11) is 0. The molecule has 1 rings (SSSR count). The summed E-state index contributed by atoms with van der Waals surface area (Å²) in [6.07, 6.45) is 1.95. The first kappa shape index (κ1) is 17.0. The maximum Gasteiger partial charge on any atom is 0.325 e. The minimum absolute atomic E-state index is 0.0262. The topological polar surface area (TPSA) is 58.6 Å². The molecular weight excluding hydrogens is 256 g/mol. The fraction of sp³-hybridized carbons (Fsp3) is 0.867. The van der Waals surface area contributed by atoms with Crippen molar-refractivity contribution in [1.82, 2.24) is 10.2 Å². The molecule has 0 saturated carbocycles. The average molecular weight is 284 g/mol. The molecular formula is C15H28N2O3. The lowest BCUT2D eigenvalue weighted by Crippen LogP contribution is -2.52. The molecule has 0 radical (unpaired) electrons. The van der Waals surface area contributed by atoms with E-state index in [-0.39, 0.29) is 24.5 Å². The Morgan fingerprint density at radius 1 is 1.40 bits per heavy atom. The van der Waals surface area contributed by atoms with Crippen LogP contribution < -0.4 is 5.32 Å². The number of nitrogens with one attached hydrogen (secondary N) is 1. The van der Waals surface area contributed by atoms with Gasteiger partial charge in [-0.05, 0) is 38.1 Å². The maximum atomic E-state index is 12.6. The Balaban J connectivity index is 2.65. The third kappa shape index (κ3) is 5.49. The van der Waals surface area contributed by atoms with Crippen LogP contribution in [0.5, 0.6) is 0 Å². The number of piperidine rings is 1. The number of carbonyl (C=O) groups excluding carboxylic acids is 2. The van der Waals surface area contributed by atoms with Crippen LogP contribution in [0.25, 0.3) is 0 Å². The van der Waals surface area contributed by atoms with Gasteiger partial charge in [0.05, 0.1) is 12.6 Å². The van der Waals surface area contributed by atoms with Crippen LogP contribution in [0.4, 0.5) is 0 Å². The van der Waals surface area contributed by atoms with Crippen LogP contribution in [0, 0.1) is 11.8 Å². The second-order valence-corrected chi connectivity index (χ2v) is 6.05. The normalized spacial score (nSPS) is 22.6. The van der Waals surface area contributed by atoms with Gasteiger partial charge in [0.2, 0.25) is 5.91 Å². The summed E-state index contributed by atoms with van der Waals surface area (Å²) >= 11 is 0. The molecule has 1 aliphatic rings. The second-order valence-electron chi connectivity index (χ2n) is 6.05. The van der Waals surface area contributed by atoms with Crippen molar-refractivity contribution < 1.29 is 14.3 Å². The van der Waals surface area contributed by atoms with Crippen LogP contribution in [0.15, 0.2) is 0 Å². The molecule has 5 heteroatoms. The molecule has 2 atom stereocenters. The number of amides is 1. The zero-order valence-electron chi connectivity index (χ0n) is 13.1. The SMILES string of the molecule is CCOC(=O)CN(CC(C)C)C(=O)C1CC(C)CCN1. The number of nitrogens with zero attached hydrogens (tertiary/aromatic N) is 1. The number of hydrogen-bond donors (Lipinski definition) is 1.